The molecule has 0 radical (unpaired) electrons. The lowest BCUT2D eigenvalue weighted by atomic mass is 10.1. The molecule has 31 heavy (non-hydrogen) atoms. The molecule has 0 aliphatic heterocycles. The van der Waals surface area contributed by atoms with E-state index < -0.39 is 0 Å². The molecule has 160 valence electrons. The maximum absolute atomic E-state index is 12.7. The molecule has 9 heteroatoms. The predicted molar refractivity (Wildman–Crippen MR) is 117 cm³/mol. The normalized spacial score (nSPS) is 14.6. The molecular weight excluding hydrogens is 416 g/mol. The number of fused-ring (bicyclic) bond motifs is 1. The van der Waals surface area contributed by atoms with E-state index in [-0.39, 0.29) is 17.7 Å². The van der Waals surface area contributed by atoms with Crippen molar-refractivity contribution in [2.24, 2.45) is 0 Å². The van der Waals surface area contributed by atoms with Gasteiger partial charge in [-0.1, -0.05) is 6.07 Å². The van der Waals surface area contributed by atoms with E-state index >= 15 is 0 Å². The minimum Gasteiger partial charge on any atom is -0.497 e. The fourth-order valence-corrected chi connectivity index (χ4v) is 4.48. The van der Waals surface area contributed by atoms with Crippen molar-refractivity contribution in [3.63, 3.8) is 0 Å². The van der Waals surface area contributed by atoms with Crippen LogP contribution in [0.4, 0.5) is 5.13 Å². The average Bonchev–Trinajstić information content (AvgIpc) is 3.37. The van der Waals surface area contributed by atoms with E-state index in [1.807, 2.05) is 18.2 Å². The number of nitrogens with zero attached hydrogens (tertiary/aromatic N) is 2. The van der Waals surface area contributed by atoms with Crippen LogP contribution in [0, 0.1) is 0 Å². The van der Waals surface area contributed by atoms with Crippen molar-refractivity contribution in [1.29, 1.82) is 0 Å². The molecule has 2 N–H and O–H groups in total. The van der Waals surface area contributed by atoms with E-state index in [2.05, 4.69) is 20.6 Å². The van der Waals surface area contributed by atoms with Crippen LogP contribution in [0.25, 0.3) is 0 Å². The number of methoxy groups -OCH3 is 2. The molecule has 1 aromatic carbocycles. The second-order valence-corrected chi connectivity index (χ2v) is 8.10. The Morgan fingerprint density at radius 3 is 2.61 bits per heavy atom. The first-order valence-corrected chi connectivity index (χ1v) is 10.6. The molecule has 1 aliphatic rings. The van der Waals surface area contributed by atoms with Crippen LogP contribution in [0.2, 0.25) is 0 Å². The quantitative estimate of drug-likeness (QED) is 0.588. The van der Waals surface area contributed by atoms with Gasteiger partial charge >= 0.3 is 0 Å². The van der Waals surface area contributed by atoms with E-state index in [1.54, 1.807) is 24.4 Å². The zero-order valence-electron chi connectivity index (χ0n) is 17.2. The van der Waals surface area contributed by atoms with Gasteiger partial charge < -0.3 is 14.8 Å². The number of nitrogens with one attached hydrogen (secondary N) is 2. The van der Waals surface area contributed by atoms with Gasteiger partial charge in [0.05, 0.1) is 38.1 Å². The lowest BCUT2D eigenvalue weighted by Gasteiger charge is -2.10. The molecule has 2 heterocycles. The van der Waals surface area contributed by atoms with Crippen LogP contribution in [-0.4, -0.2) is 36.0 Å². The molecular formula is C22H22N4O4S. The summed E-state index contributed by atoms with van der Waals surface area (Å²) >= 11 is 1.40. The molecule has 1 unspecified atom stereocenters. The summed E-state index contributed by atoms with van der Waals surface area (Å²) in [6, 6.07) is 10.5. The Hall–Kier alpha value is -3.46. The Morgan fingerprint density at radius 2 is 1.94 bits per heavy atom. The summed E-state index contributed by atoms with van der Waals surface area (Å²) in [4.78, 5) is 35.2. The van der Waals surface area contributed by atoms with Gasteiger partial charge in [-0.25, -0.2) is 4.98 Å². The first-order chi connectivity index (χ1) is 15.1. The fraction of sp³-hybridized carbons (Fsp3) is 0.273. The van der Waals surface area contributed by atoms with Crippen LogP contribution in [0.15, 0.2) is 42.6 Å². The number of hydrogen-bond acceptors (Lipinski definition) is 7. The lowest BCUT2D eigenvalue weighted by molar-refractivity contribution is -0.122. The monoisotopic (exact) mass is 438 g/mol. The Labute approximate surface area is 183 Å². The van der Waals surface area contributed by atoms with Crippen molar-refractivity contribution in [3.05, 3.63) is 64.4 Å². The summed E-state index contributed by atoms with van der Waals surface area (Å²) in [6.07, 6.45) is 3.17. The molecule has 2 amide bonds. The van der Waals surface area contributed by atoms with Gasteiger partial charge in [0.1, 0.15) is 11.5 Å². The van der Waals surface area contributed by atoms with Crippen LogP contribution in [0.3, 0.4) is 0 Å². The van der Waals surface area contributed by atoms with Gasteiger partial charge in [-0.3, -0.25) is 19.9 Å². The van der Waals surface area contributed by atoms with Gasteiger partial charge in [-0.2, -0.15) is 0 Å². The van der Waals surface area contributed by atoms with Gasteiger partial charge in [-0.15, -0.1) is 11.3 Å². The van der Waals surface area contributed by atoms with Crippen molar-refractivity contribution in [2.45, 2.75) is 25.3 Å². The van der Waals surface area contributed by atoms with Gasteiger partial charge in [0.2, 0.25) is 5.91 Å². The minimum atomic E-state index is -0.322. The number of benzene rings is 1. The molecule has 1 atom stereocenters. The number of carbonyl (C=O) groups is 2. The van der Waals surface area contributed by atoms with E-state index in [0.717, 1.165) is 22.7 Å². The van der Waals surface area contributed by atoms with Crippen LogP contribution in [0.1, 0.15) is 39.0 Å². The average molecular weight is 439 g/mol. The highest BCUT2D eigenvalue weighted by atomic mass is 32.1. The van der Waals surface area contributed by atoms with Gasteiger partial charge in [0.15, 0.2) is 5.13 Å². The third-order valence-corrected chi connectivity index (χ3v) is 6.08. The van der Waals surface area contributed by atoms with Crippen LogP contribution in [0.5, 0.6) is 11.5 Å². The number of carbonyl (C=O) groups excluding carboxylic acids is 2. The third-order valence-electron chi connectivity index (χ3n) is 5.04. The SMILES string of the molecule is COc1cc(OC)cc(C(=O)Nc2nc3c(s2)CCC3C(=O)NCc2ccccn2)c1. The highest BCUT2D eigenvalue weighted by Gasteiger charge is 2.32. The summed E-state index contributed by atoms with van der Waals surface area (Å²) in [5.74, 6) is 0.329. The molecule has 0 fully saturated rings. The van der Waals surface area contributed by atoms with E-state index in [9.17, 15) is 9.59 Å². The summed E-state index contributed by atoms with van der Waals surface area (Å²) in [5, 5.41) is 6.23. The second kappa shape index (κ2) is 9.13. The minimum absolute atomic E-state index is 0.0786. The van der Waals surface area contributed by atoms with E-state index in [0.29, 0.717) is 35.2 Å². The Bertz CT molecular complexity index is 1080. The number of aryl methyl sites for hydroxylation is 1. The molecule has 0 saturated carbocycles. The van der Waals surface area contributed by atoms with Crippen molar-refractivity contribution < 1.29 is 19.1 Å². The fourth-order valence-electron chi connectivity index (χ4n) is 3.45. The topological polar surface area (TPSA) is 102 Å². The van der Waals surface area contributed by atoms with Crippen LogP contribution in [-0.2, 0) is 17.8 Å². The molecule has 0 saturated heterocycles. The van der Waals surface area contributed by atoms with E-state index in [1.165, 1.54) is 25.6 Å². The second-order valence-electron chi connectivity index (χ2n) is 7.01. The summed E-state index contributed by atoms with van der Waals surface area (Å²) in [7, 11) is 3.06. The first kappa shape index (κ1) is 20.8. The molecule has 0 bridgehead atoms. The largest absolute Gasteiger partial charge is 0.497 e. The maximum Gasteiger partial charge on any atom is 0.257 e. The van der Waals surface area contributed by atoms with Crippen molar-refractivity contribution in [2.75, 3.05) is 19.5 Å². The summed E-state index contributed by atoms with van der Waals surface area (Å²) in [6.45, 7) is 0.372. The third kappa shape index (κ3) is 4.66. The molecule has 1 aliphatic carbocycles. The van der Waals surface area contributed by atoms with Crippen LogP contribution < -0.4 is 20.1 Å². The summed E-state index contributed by atoms with van der Waals surface area (Å²) in [5.41, 5.74) is 1.94. The highest BCUT2D eigenvalue weighted by molar-refractivity contribution is 7.16. The standard InChI is InChI=1S/C22H22N4O4S/c1-29-15-9-13(10-16(11-15)30-2)20(27)26-22-25-19-17(6-7-18(19)31-22)21(28)24-12-14-5-3-4-8-23-14/h3-5,8-11,17H,6-7,12H2,1-2H3,(H,24,28)(H,25,26,27). The summed E-state index contributed by atoms with van der Waals surface area (Å²) < 4.78 is 10.4. The first-order valence-electron chi connectivity index (χ1n) is 9.79. The van der Waals surface area contributed by atoms with Crippen molar-refractivity contribution in [3.8, 4) is 11.5 Å². The Kier molecular flexibility index (Phi) is 6.13. The number of hydrogen-bond donors (Lipinski definition) is 2. The van der Waals surface area contributed by atoms with Crippen molar-refractivity contribution in [1.82, 2.24) is 15.3 Å². The zero-order chi connectivity index (χ0) is 21.8. The Morgan fingerprint density at radius 1 is 1.16 bits per heavy atom. The zero-order valence-corrected chi connectivity index (χ0v) is 18.0. The number of thiazole rings is 1. The van der Waals surface area contributed by atoms with Gasteiger partial charge in [-0.05, 0) is 37.1 Å². The maximum atomic E-state index is 12.7. The lowest BCUT2D eigenvalue weighted by Crippen LogP contribution is -2.28. The molecule has 3 aromatic rings. The molecule has 8 nitrogen and oxygen atoms in total. The predicted octanol–water partition coefficient (Wildman–Crippen LogP) is 3.15. The smallest absolute Gasteiger partial charge is 0.257 e. The highest BCUT2D eigenvalue weighted by Crippen LogP contribution is 2.38. The molecule has 4 rings (SSSR count). The van der Waals surface area contributed by atoms with Crippen molar-refractivity contribution >= 4 is 28.3 Å². The van der Waals surface area contributed by atoms with Crippen LogP contribution >= 0.6 is 11.3 Å². The number of ether oxygens (including phenoxy) is 2. The van der Waals surface area contributed by atoms with Gasteiger partial charge in [0, 0.05) is 22.7 Å². The number of amides is 2. The number of aromatic nitrogens is 2. The number of pyridine rings is 1. The number of rotatable bonds is 7. The Balaban J connectivity index is 1.44. The molecule has 2 aromatic heterocycles. The number of anilines is 1. The van der Waals surface area contributed by atoms with Gasteiger partial charge in [0.25, 0.3) is 5.91 Å². The van der Waals surface area contributed by atoms with E-state index in [4.69, 9.17) is 9.47 Å². The molecule has 0 spiro atoms.